The fourth-order valence-electron chi connectivity index (χ4n) is 1.49. The quantitative estimate of drug-likeness (QED) is 0.821. The lowest BCUT2D eigenvalue weighted by atomic mass is 9.88. The lowest BCUT2D eigenvalue weighted by molar-refractivity contribution is -0.376. The highest BCUT2D eigenvalue weighted by atomic mass is 19.4. The van der Waals surface area contributed by atoms with Gasteiger partial charge in [-0.15, -0.1) is 0 Å². The molecule has 0 saturated carbocycles. The van der Waals surface area contributed by atoms with Crippen molar-refractivity contribution in [3.8, 4) is 0 Å². The topological polar surface area (TPSA) is 20.2 Å². The molecule has 0 unspecified atom stereocenters. The molecule has 0 heterocycles. The lowest BCUT2D eigenvalue weighted by Gasteiger charge is -2.33. The Bertz CT molecular complexity index is 473. The van der Waals surface area contributed by atoms with E-state index in [9.17, 15) is 30.7 Å². The summed E-state index contributed by atoms with van der Waals surface area (Å²) in [5.41, 5.74) is -7.48. The first kappa shape index (κ1) is 15.5. The maximum atomic E-state index is 12.9. The predicted octanol–water partition coefficient (Wildman–Crippen LogP) is 3.78. The Morgan fingerprint density at radius 2 is 1.47 bits per heavy atom. The molecule has 0 spiro atoms. The highest BCUT2D eigenvalue weighted by molar-refractivity contribution is 5.54. The fourth-order valence-corrected chi connectivity index (χ4v) is 1.49. The van der Waals surface area contributed by atoms with Crippen LogP contribution in [0.3, 0.4) is 0 Å². The van der Waals surface area contributed by atoms with E-state index in [0.717, 1.165) is 0 Å². The van der Waals surface area contributed by atoms with Gasteiger partial charge in [-0.05, 0) is 17.7 Å². The van der Waals surface area contributed by atoms with Crippen LogP contribution in [0.5, 0.6) is 0 Å². The van der Waals surface area contributed by atoms with E-state index in [4.69, 9.17) is 5.11 Å². The molecule has 0 saturated heterocycles. The number of aliphatic hydroxyl groups is 1. The van der Waals surface area contributed by atoms with Gasteiger partial charge >= 0.3 is 12.4 Å². The molecule has 1 aromatic carbocycles. The van der Waals surface area contributed by atoms with Crippen LogP contribution in [0.15, 0.2) is 24.8 Å². The van der Waals surface area contributed by atoms with Crippen molar-refractivity contribution in [3.63, 3.8) is 0 Å². The number of halogens is 7. The van der Waals surface area contributed by atoms with Crippen molar-refractivity contribution in [2.75, 3.05) is 0 Å². The minimum Gasteiger partial charge on any atom is -0.369 e. The first-order valence-electron chi connectivity index (χ1n) is 4.73. The van der Waals surface area contributed by atoms with Crippen LogP contribution < -0.4 is 0 Å². The minimum absolute atomic E-state index is 0.0159. The molecular formula is C11H7F7O. The summed E-state index contributed by atoms with van der Waals surface area (Å²) >= 11 is 0. The van der Waals surface area contributed by atoms with Crippen molar-refractivity contribution < 1.29 is 35.8 Å². The maximum Gasteiger partial charge on any atom is 0.430 e. The van der Waals surface area contributed by atoms with Crippen LogP contribution in [-0.2, 0) is 5.60 Å². The van der Waals surface area contributed by atoms with Crippen LogP contribution in [-0.4, -0.2) is 17.5 Å². The average molecular weight is 288 g/mol. The third-order valence-electron chi connectivity index (χ3n) is 2.45. The smallest absolute Gasteiger partial charge is 0.369 e. The molecule has 1 rings (SSSR count). The van der Waals surface area contributed by atoms with Crippen molar-refractivity contribution in [2.45, 2.75) is 18.0 Å². The molecule has 0 amide bonds. The minimum atomic E-state index is -6.06. The molecule has 1 N–H and O–H groups in total. The Hall–Kier alpha value is -1.57. The summed E-state index contributed by atoms with van der Waals surface area (Å²) in [5, 5.41) is 9.13. The standard InChI is InChI=1S/C11H7F7O/c1-2-6-3-4-7(12)5-8(6)9(19,10(13,14)15)11(16,17)18/h2-5,19H,1H2. The second kappa shape index (κ2) is 4.52. The molecule has 106 valence electrons. The highest BCUT2D eigenvalue weighted by Gasteiger charge is 2.71. The van der Waals surface area contributed by atoms with Gasteiger partial charge in [-0.25, -0.2) is 4.39 Å². The van der Waals surface area contributed by atoms with Crippen molar-refractivity contribution in [3.05, 3.63) is 41.7 Å². The molecule has 0 radical (unpaired) electrons. The summed E-state index contributed by atoms with van der Waals surface area (Å²) in [5.74, 6) is -1.34. The maximum absolute atomic E-state index is 12.9. The third-order valence-corrected chi connectivity index (χ3v) is 2.45. The van der Waals surface area contributed by atoms with Crippen molar-refractivity contribution >= 4 is 6.08 Å². The summed E-state index contributed by atoms with van der Waals surface area (Å²) in [6, 6.07) is 1.31. The van der Waals surface area contributed by atoms with Crippen LogP contribution in [0.25, 0.3) is 6.08 Å². The zero-order valence-electron chi connectivity index (χ0n) is 9.11. The van der Waals surface area contributed by atoms with E-state index < -0.39 is 34.9 Å². The second-order valence-corrected chi connectivity index (χ2v) is 3.64. The van der Waals surface area contributed by atoms with E-state index >= 15 is 0 Å². The molecule has 0 fully saturated rings. The molecule has 0 aromatic heterocycles. The van der Waals surface area contributed by atoms with Gasteiger partial charge in [0.05, 0.1) is 0 Å². The van der Waals surface area contributed by atoms with Gasteiger partial charge in [0.15, 0.2) is 0 Å². The van der Waals surface area contributed by atoms with E-state index in [1.165, 1.54) is 0 Å². The number of alkyl halides is 6. The Morgan fingerprint density at radius 3 is 1.84 bits per heavy atom. The van der Waals surface area contributed by atoms with Crippen LogP contribution in [0, 0.1) is 5.82 Å². The Morgan fingerprint density at radius 1 is 1.00 bits per heavy atom. The molecule has 1 aromatic rings. The monoisotopic (exact) mass is 288 g/mol. The Kier molecular flexibility index (Phi) is 3.68. The predicted molar refractivity (Wildman–Crippen MR) is 52.5 cm³/mol. The molecule has 0 aliphatic rings. The summed E-state index contributed by atoms with van der Waals surface area (Å²) in [4.78, 5) is 0. The van der Waals surface area contributed by atoms with Gasteiger partial charge in [0.25, 0.3) is 5.60 Å². The average Bonchev–Trinajstić information content (AvgIpc) is 2.24. The number of benzene rings is 1. The zero-order chi connectivity index (χ0) is 15.1. The Labute approximate surface area is 103 Å². The van der Waals surface area contributed by atoms with Gasteiger partial charge in [-0.3, -0.25) is 0 Å². The van der Waals surface area contributed by atoms with E-state index in [1.54, 1.807) is 0 Å². The van der Waals surface area contributed by atoms with Gasteiger partial charge in [-0.2, -0.15) is 26.3 Å². The Balaban J connectivity index is 3.69. The van der Waals surface area contributed by atoms with Gasteiger partial charge in [0, 0.05) is 5.56 Å². The van der Waals surface area contributed by atoms with Gasteiger partial charge in [-0.1, -0.05) is 18.7 Å². The summed E-state index contributed by atoms with van der Waals surface area (Å²) in [7, 11) is 0. The van der Waals surface area contributed by atoms with Crippen LogP contribution in [0.4, 0.5) is 30.7 Å². The summed E-state index contributed by atoms with van der Waals surface area (Å²) in [6.07, 6.45) is -11.5. The normalized spacial score (nSPS) is 13.5. The highest BCUT2D eigenvalue weighted by Crippen LogP contribution is 2.51. The second-order valence-electron chi connectivity index (χ2n) is 3.64. The molecule has 0 atom stereocenters. The largest absolute Gasteiger partial charge is 0.430 e. The molecule has 0 bridgehead atoms. The molecule has 0 aliphatic heterocycles. The van der Waals surface area contributed by atoms with Crippen LogP contribution >= 0.6 is 0 Å². The van der Waals surface area contributed by atoms with Crippen LogP contribution in [0.1, 0.15) is 11.1 Å². The zero-order valence-corrected chi connectivity index (χ0v) is 9.11. The van der Waals surface area contributed by atoms with Crippen molar-refractivity contribution in [1.82, 2.24) is 0 Å². The molecule has 8 heteroatoms. The SMILES string of the molecule is C=Cc1ccc(F)cc1C(O)(C(F)(F)F)C(F)(F)F. The molecule has 1 nitrogen and oxygen atoms in total. The van der Waals surface area contributed by atoms with Gasteiger partial charge in [0.1, 0.15) is 5.82 Å². The van der Waals surface area contributed by atoms with E-state index in [0.29, 0.717) is 18.2 Å². The van der Waals surface area contributed by atoms with E-state index in [-0.39, 0.29) is 6.07 Å². The first-order valence-corrected chi connectivity index (χ1v) is 4.73. The molecule has 0 aliphatic carbocycles. The summed E-state index contributed by atoms with van der Waals surface area (Å²) < 4.78 is 88.6. The first-order chi connectivity index (χ1) is 8.45. The van der Waals surface area contributed by atoms with Gasteiger partial charge in [0.2, 0.25) is 0 Å². The fraction of sp³-hybridized carbons (Fsp3) is 0.273. The molecular weight excluding hydrogens is 281 g/mol. The van der Waals surface area contributed by atoms with Gasteiger partial charge < -0.3 is 5.11 Å². The van der Waals surface area contributed by atoms with E-state index in [2.05, 4.69) is 6.58 Å². The summed E-state index contributed by atoms with van der Waals surface area (Å²) in [6.45, 7) is 3.03. The van der Waals surface area contributed by atoms with Crippen LogP contribution in [0.2, 0.25) is 0 Å². The number of rotatable bonds is 2. The lowest BCUT2D eigenvalue weighted by Crippen LogP contribution is -2.54. The molecule has 19 heavy (non-hydrogen) atoms. The number of hydrogen-bond donors (Lipinski definition) is 1. The van der Waals surface area contributed by atoms with Crippen molar-refractivity contribution in [2.24, 2.45) is 0 Å². The van der Waals surface area contributed by atoms with E-state index in [1.807, 2.05) is 0 Å². The number of hydrogen-bond acceptors (Lipinski definition) is 1. The third kappa shape index (κ3) is 2.44. The van der Waals surface area contributed by atoms with Crippen molar-refractivity contribution in [1.29, 1.82) is 0 Å².